The maximum absolute atomic E-state index is 14.6. The summed E-state index contributed by atoms with van der Waals surface area (Å²) in [5, 5.41) is 3.77. The van der Waals surface area contributed by atoms with Crippen molar-refractivity contribution in [2.24, 2.45) is 11.8 Å². The molecule has 3 heterocycles. The number of aromatic nitrogens is 1. The Kier molecular flexibility index (Phi) is 11.4. The summed E-state index contributed by atoms with van der Waals surface area (Å²) in [4.78, 5) is 61.7. The molecule has 53 heavy (non-hydrogen) atoms. The summed E-state index contributed by atoms with van der Waals surface area (Å²) >= 11 is 0. The highest BCUT2D eigenvalue weighted by molar-refractivity contribution is 5.96. The Labute approximate surface area is 311 Å². The lowest BCUT2D eigenvalue weighted by Crippen LogP contribution is -2.54. The topological polar surface area (TPSA) is 133 Å². The van der Waals surface area contributed by atoms with Gasteiger partial charge in [0.1, 0.15) is 34.8 Å². The zero-order chi connectivity index (χ0) is 37.8. The van der Waals surface area contributed by atoms with Crippen molar-refractivity contribution >= 4 is 34.7 Å². The summed E-state index contributed by atoms with van der Waals surface area (Å²) in [6, 6.07) is 16.4. The van der Waals surface area contributed by atoms with Gasteiger partial charge in [-0.1, -0.05) is 55.3 Å². The second-order valence-electron chi connectivity index (χ2n) is 15.3. The summed E-state index contributed by atoms with van der Waals surface area (Å²) < 4.78 is 23.4. The Morgan fingerprint density at radius 1 is 1.04 bits per heavy atom. The van der Waals surface area contributed by atoms with Gasteiger partial charge in [-0.2, -0.15) is 0 Å². The van der Waals surface area contributed by atoms with Crippen LogP contribution in [-0.2, 0) is 28.7 Å². The molecule has 11 heteroatoms. The van der Waals surface area contributed by atoms with Crippen molar-refractivity contribution in [3.05, 3.63) is 66.7 Å². The number of hydrogen-bond donors (Lipinski definition) is 1. The first kappa shape index (κ1) is 37.8. The molecule has 0 bridgehead atoms. The van der Waals surface area contributed by atoms with Crippen LogP contribution in [0.4, 0.5) is 0 Å². The molecule has 3 aliphatic rings. The zero-order valence-corrected chi connectivity index (χ0v) is 31.4. The lowest BCUT2D eigenvalue weighted by atomic mass is 9.95. The van der Waals surface area contributed by atoms with Crippen LogP contribution in [0.2, 0.25) is 0 Å². The van der Waals surface area contributed by atoms with Crippen LogP contribution in [0.1, 0.15) is 79.1 Å². The Morgan fingerprint density at radius 2 is 1.83 bits per heavy atom. The van der Waals surface area contributed by atoms with E-state index in [2.05, 4.69) is 11.4 Å². The summed E-state index contributed by atoms with van der Waals surface area (Å²) in [6.45, 7) is 7.41. The maximum atomic E-state index is 14.6. The number of nitrogens with zero attached hydrogens (tertiary/aromatic N) is 2. The van der Waals surface area contributed by atoms with Crippen LogP contribution in [0.3, 0.4) is 0 Å². The number of allylic oxidation sites excluding steroid dienone is 1. The molecule has 1 N–H and O–H groups in total. The fraction of sp³-hybridized carbons (Fsp3) is 0.500. The highest BCUT2D eigenvalue weighted by Crippen LogP contribution is 2.46. The first-order valence-electron chi connectivity index (χ1n) is 18.8. The van der Waals surface area contributed by atoms with Gasteiger partial charge in [0.05, 0.1) is 37.9 Å². The predicted octanol–water partition coefficient (Wildman–Crippen LogP) is 6.57. The van der Waals surface area contributed by atoms with Gasteiger partial charge in [0.15, 0.2) is 0 Å². The quantitative estimate of drug-likeness (QED) is 0.202. The van der Waals surface area contributed by atoms with Gasteiger partial charge in [-0.3, -0.25) is 14.4 Å². The van der Waals surface area contributed by atoms with Gasteiger partial charge in [-0.15, -0.1) is 0 Å². The number of pyridine rings is 1. The van der Waals surface area contributed by atoms with E-state index in [1.807, 2.05) is 54.6 Å². The molecular formula is C42H51N3O8. The van der Waals surface area contributed by atoms with Crippen molar-refractivity contribution in [3.8, 4) is 22.8 Å². The maximum Gasteiger partial charge on any atom is 0.332 e. The van der Waals surface area contributed by atoms with Crippen LogP contribution in [-0.4, -0.2) is 77.2 Å². The highest BCUT2D eigenvalue weighted by atomic mass is 16.6. The molecule has 0 spiro atoms. The normalized spacial score (nSPS) is 25.0. The van der Waals surface area contributed by atoms with Gasteiger partial charge >= 0.3 is 11.9 Å². The number of rotatable bonds is 8. The van der Waals surface area contributed by atoms with Crippen molar-refractivity contribution in [1.82, 2.24) is 15.2 Å². The summed E-state index contributed by atoms with van der Waals surface area (Å²) in [5.41, 5.74) is 0.535. The third-order valence-corrected chi connectivity index (χ3v) is 10.2. The highest BCUT2D eigenvalue weighted by Gasteiger charge is 2.62. The molecule has 1 saturated carbocycles. The molecule has 2 aliphatic heterocycles. The number of amides is 2. The number of carbonyl (C=O) groups excluding carboxylic acids is 4. The second kappa shape index (κ2) is 16.0. The molecule has 11 nitrogen and oxygen atoms in total. The fourth-order valence-corrected chi connectivity index (χ4v) is 7.45. The number of methoxy groups -OCH3 is 1. The largest absolute Gasteiger partial charge is 0.497 e. The average molecular weight is 726 g/mol. The van der Waals surface area contributed by atoms with Gasteiger partial charge in [-0.05, 0) is 65.5 Å². The van der Waals surface area contributed by atoms with Gasteiger partial charge in [-0.25, -0.2) is 9.78 Å². The average Bonchev–Trinajstić information content (AvgIpc) is 3.66. The van der Waals surface area contributed by atoms with E-state index in [0.717, 1.165) is 42.3 Å². The van der Waals surface area contributed by atoms with Crippen molar-refractivity contribution in [3.63, 3.8) is 0 Å². The first-order valence-corrected chi connectivity index (χ1v) is 18.8. The molecule has 2 aromatic carbocycles. The van der Waals surface area contributed by atoms with Gasteiger partial charge in [0.2, 0.25) is 11.8 Å². The molecule has 3 aromatic rings. The monoisotopic (exact) mass is 725 g/mol. The van der Waals surface area contributed by atoms with E-state index >= 15 is 0 Å². The first-order chi connectivity index (χ1) is 25.4. The van der Waals surface area contributed by atoms with E-state index in [-0.39, 0.29) is 37.8 Å². The number of benzene rings is 2. The van der Waals surface area contributed by atoms with E-state index in [1.54, 1.807) is 40.9 Å². The number of esters is 2. The molecule has 6 rings (SSSR count). The molecule has 0 radical (unpaired) electrons. The van der Waals surface area contributed by atoms with Crippen molar-refractivity contribution in [1.29, 1.82) is 0 Å². The molecule has 2 fully saturated rings. The summed E-state index contributed by atoms with van der Waals surface area (Å²) in [7, 11) is 1.58. The molecular weight excluding hydrogens is 674 g/mol. The SMILES string of the molecule is CCOC(=O)[C@]12C[C@@H]1C=CCCCCC[C@H](CC(=O)OC(C)(C)C)C(=O)N1C[C@H](Oc3cc(OC)cc4nc(-c5ccccc5)ccc34)C[C@H]1C(=O)N2. The van der Waals surface area contributed by atoms with Crippen LogP contribution >= 0.6 is 0 Å². The van der Waals surface area contributed by atoms with E-state index in [4.69, 9.17) is 23.9 Å². The lowest BCUT2D eigenvalue weighted by molar-refractivity contribution is -0.159. The smallest absolute Gasteiger partial charge is 0.332 e. The minimum absolute atomic E-state index is 0.100. The van der Waals surface area contributed by atoms with Gasteiger partial charge in [0, 0.05) is 41.3 Å². The van der Waals surface area contributed by atoms with Crippen molar-refractivity contribution in [2.45, 2.75) is 102 Å². The summed E-state index contributed by atoms with van der Waals surface area (Å²) in [6.07, 6.45) is 7.74. The number of fused-ring (bicyclic) bond motifs is 3. The Hall–Kier alpha value is -4.93. The Morgan fingerprint density at radius 3 is 2.57 bits per heavy atom. The molecule has 5 atom stereocenters. The molecule has 1 aliphatic carbocycles. The molecule has 1 aromatic heterocycles. The number of hydrogen-bond acceptors (Lipinski definition) is 9. The Bertz CT molecular complexity index is 1850. The minimum atomic E-state index is -1.20. The molecule has 2 amide bonds. The molecule has 282 valence electrons. The van der Waals surface area contributed by atoms with Gasteiger partial charge < -0.3 is 29.2 Å². The lowest BCUT2D eigenvalue weighted by Gasteiger charge is -2.29. The number of nitrogens with one attached hydrogen (secondary N) is 1. The van der Waals surface area contributed by atoms with Crippen LogP contribution in [0.25, 0.3) is 22.2 Å². The molecule has 0 unspecified atom stereocenters. The summed E-state index contributed by atoms with van der Waals surface area (Å²) in [5.74, 6) is -1.54. The van der Waals surface area contributed by atoms with E-state index in [9.17, 15) is 19.2 Å². The van der Waals surface area contributed by atoms with Crippen molar-refractivity contribution < 1.29 is 38.1 Å². The van der Waals surface area contributed by atoms with Crippen LogP contribution in [0.5, 0.6) is 11.5 Å². The van der Waals surface area contributed by atoms with Crippen LogP contribution < -0.4 is 14.8 Å². The second-order valence-corrected chi connectivity index (χ2v) is 15.3. The predicted molar refractivity (Wildman–Crippen MR) is 200 cm³/mol. The van der Waals surface area contributed by atoms with Crippen LogP contribution in [0, 0.1) is 11.8 Å². The third kappa shape index (κ3) is 8.83. The fourth-order valence-electron chi connectivity index (χ4n) is 7.45. The van der Waals surface area contributed by atoms with Crippen molar-refractivity contribution in [2.75, 3.05) is 20.3 Å². The van der Waals surface area contributed by atoms with E-state index in [0.29, 0.717) is 29.9 Å². The standard InChI is InChI=1S/C42H51N3O8/c1-6-51-40(49)42-25-29(42)18-14-9-7-8-11-17-28(21-37(46)53-41(2,3)4)39(48)45-26-31(23-35(45)38(47)44-42)52-36-24-30(50-5)22-34-32(36)19-20-33(43-34)27-15-12-10-13-16-27/h10,12-16,18-20,22,24,28-29,31,35H,6-9,11,17,21,23,25-26H2,1-5H3,(H,44,47)/t28-,29+,31-,35+,42+/m1/s1. The zero-order valence-electron chi connectivity index (χ0n) is 31.4. The van der Waals surface area contributed by atoms with Crippen LogP contribution in [0.15, 0.2) is 66.7 Å². The third-order valence-electron chi connectivity index (χ3n) is 10.2. The Balaban J connectivity index is 1.33. The molecule has 1 saturated heterocycles. The van der Waals surface area contributed by atoms with E-state index < -0.39 is 47.0 Å². The van der Waals surface area contributed by atoms with Gasteiger partial charge in [0.25, 0.3) is 0 Å². The van der Waals surface area contributed by atoms with E-state index in [1.165, 1.54) is 4.90 Å². The number of carbonyl (C=O) groups is 4. The minimum Gasteiger partial charge on any atom is -0.497 e. The number of ether oxygens (including phenoxy) is 4.